The molecular formula is C8H9N5O2. The van der Waals surface area contributed by atoms with Gasteiger partial charge in [0, 0.05) is 19.4 Å². The Morgan fingerprint density at radius 1 is 1.40 bits per heavy atom. The molecule has 2 heterocycles. The molecule has 0 saturated carbocycles. The van der Waals surface area contributed by atoms with E-state index in [0.29, 0.717) is 6.54 Å². The molecule has 7 heteroatoms. The van der Waals surface area contributed by atoms with Crippen LogP contribution in [-0.2, 0) is 23.2 Å². The van der Waals surface area contributed by atoms with Crippen LogP contribution in [0.4, 0.5) is 0 Å². The van der Waals surface area contributed by atoms with Crippen LogP contribution in [0.5, 0.6) is 0 Å². The Kier molecular flexibility index (Phi) is 2.20. The molecule has 0 bridgehead atoms. The molecule has 1 aromatic rings. The zero-order chi connectivity index (χ0) is 10.8. The summed E-state index contributed by atoms with van der Waals surface area (Å²) in [4.78, 5) is 29.6. The van der Waals surface area contributed by atoms with Crippen LogP contribution in [0, 0.1) is 0 Å². The van der Waals surface area contributed by atoms with Gasteiger partial charge in [-0.3, -0.25) is 20.2 Å². The Bertz CT molecular complexity index is 430. The van der Waals surface area contributed by atoms with Crippen molar-refractivity contribution in [1.82, 2.24) is 20.2 Å². The van der Waals surface area contributed by atoms with E-state index in [1.807, 2.05) is 11.6 Å². The molecule has 0 unspecified atom stereocenters. The van der Waals surface area contributed by atoms with Gasteiger partial charge >= 0.3 is 11.8 Å². The quantitative estimate of drug-likeness (QED) is 0.580. The van der Waals surface area contributed by atoms with Crippen molar-refractivity contribution in [3.8, 4) is 0 Å². The number of imidazole rings is 1. The monoisotopic (exact) mass is 207 g/mol. The highest BCUT2D eigenvalue weighted by atomic mass is 16.2. The Labute approximate surface area is 85.2 Å². The Balaban J connectivity index is 2.04. The van der Waals surface area contributed by atoms with Crippen LogP contribution in [0.2, 0.25) is 0 Å². The van der Waals surface area contributed by atoms with E-state index in [1.54, 1.807) is 12.4 Å². The van der Waals surface area contributed by atoms with Gasteiger partial charge in [0.2, 0.25) is 5.96 Å². The normalized spacial score (nSPS) is 15.1. The summed E-state index contributed by atoms with van der Waals surface area (Å²) in [5, 5.41) is 4.60. The van der Waals surface area contributed by atoms with Crippen molar-refractivity contribution >= 4 is 17.8 Å². The second kappa shape index (κ2) is 3.52. The Morgan fingerprint density at radius 3 is 2.60 bits per heavy atom. The predicted octanol–water partition coefficient (Wildman–Crippen LogP) is -1.48. The molecule has 2 N–H and O–H groups in total. The second-order valence-corrected chi connectivity index (χ2v) is 3.03. The molecule has 1 aliphatic rings. The number of amides is 2. The van der Waals surface area contributed by atoms with Crippen molar-refractivity contribution in [1.29, 1.82) is 0 Å². The Morgan fingerprint density at radius 2 is 2.07 bits per heavy atom. The minimum Gasteiger partial charge on any atom is -0.336 e. The zero-order valence-electron chi connectivity index (χ0n) is 8.02. The molecule has 0 radical (unpaired) electrons. The van der Waals surface area contributed by atoms with Crippen molar-refractivity contribution < 1.29 is 9.59 Å². The third-order valence-corrected chi connectivity index (χ3v) is 1.97. The summed E-state index contributed by atoms with van der Waals surface area (Å²) in [5.41, 5.74) is 0. The van der Waals surface area contributed by atoms with Crippen LogP contribution < -0.4 is 10.6 Å². The predicted molar refractivity (Wildman–Crippen MR) is 50.6 cm³/mol. The average molecular weight is 207 g/mol. The van der Waals surface area contributed by atoms with Gasteiger partial charge in [-0.2, -0.15) is 0 Å². The molecule has 7 nitrogen and oxygen atoms in total. The minimum atomic E-state index is -0.686. The van der Waals surface area contributed by atoms with Crippen molar-refractivity contribution in [2.75, 3.05) is 0 Å². The number of nitrogens with zero attached hydrogens (tertiary/aromatic N) is 3. The number of hydrogen-bond donors (Lipinski definition) is 2. The molecule has 15 heavy (non-hydrogen) atoms. The number of carbonyl (C=O) groups excluding carboxylic acids is 2. The summed E-state index contributed by atoms with van der Waals surface area (Å²) < 4.78 is 1.81. The summed E-state index contributed by atoms with van der Waals surface area (Å²) in [7, 11) is 1.84. The molecule has 2 amide bonds. The highest BCUT2D eigenvalue weighted by Gasteiger charge is 2.24. The molecule has 0 aromatic carbocycles. The van der Waals surface area contributed by atoms with E-state index < -0.39 is 11.8 Å². The molecule has 2 rings (SSSR count). The van der Waals surface area contributed by atoms with Crippen LogP contribution >= 0.6 is 0 Å². The summed E-state index contributed by atoms with van der Waals surface area (Å²) in [6.45, 7) is 0.305. The molecule has 78 valence electrons. The first-order chi connectivity index (χ1) is 7.16. The van der Waals surface area contributed by atoms with Crippen molar-refractivity contribution in [2.24, 2.45) is 12.0 Å². The lowest BCUT2D eigenvalue weighted by molar-refractivity contribution is -0.135. The molecule has 0 spiro atoms. The summed E-state index contributed by atoms with van der Waals surface area (Å²) in [6, 6.07) is 0. The average Bonchev–Trinajstić information content (AvgIpc) is 2.72. The van der Waals surface area contributed by atoms with Crippen LogP contribution in [0.25, 0.3) is 0 Å². The highest BCUT2D eigenvalue weighted by Crippen LogP contribution is 1.96. The van der Waals surface area contributed by atoms with E-state index in [1.165, 1.54) is 0 Å². The number of carbonyl (C=O) groups is 2. The number of aliphatic imine (C=N–C) groups is 1. The fourth-order valence-corrected chi connectivity index (χ4v) is 1.14. The molecular weight excluding hydrogens is 198 g/mol. The number of nitrogens with one attached hydrogen (secondary N) is 2. The third kappa shape index (κ3) is 1.85. The van der Waals surface area contributed by atoms with Crippen molar-refractivity contribution in [3.05, 3.63) is 18.2 Å². The van der Waals surface area contributed by atoms with E-state index in [0.717, 1.165) is 5.82 Å². The minimum absolute atomic E-state index is 0.174. The van der Waals surface area contributed by atoms with Gasteiger partial charge in [0.1, 0.15) is 12.4 Å². The lowest BCUT2D eigenvalue weighted by Gasteiger charge is -1.98. The first-order valence-corrected chi connectivity index (χ1v) is 4.30. The molecule has 1 aromatic heterocycles. The molecule has 0 atom stereocenters. The fourth-order valence-electron chi connectivity index (χ4n) is 1.14. The van der Waals surface area contributed by atoms with E-state index in [2.05, 4.69) is 20.6 Å². The molecule has 1 aliphatic heterocycles. The van der Waals surface area contributed by atoms with Crippen LogP contribution in [0.1, 0.15) is 5.82 Å². The smallest absolute Gasteiger partial charge is 0.316 e. The van der Waals surface area contributed by atoms with E-state index >= 15 is 0 Å². The van der Waals surface area contributed by atoms with Gasteiger partial charge in [0.25, 0.3) is 0 Å². The summed E-state index contributed by atoms with van der Waals surface area (Å²) in [5.74, 6) is -0.451. The Hall–Kier alpha value is -2.18. The third-order valence-electron chi connectivity index (χ3n) is 1.97. The first kappa shape index (κ1) is 9.38. The van der Waals surface area contributed by atoms with Crippen LogP contribution in [0.3, 0.4) is 0 Å². The van der Waals surface area contributed by atoms with Gasteiger partial charge in [0.15, 0.2) is 0 Å². The summed E-state index contributed by atoms with van der Waals surface area (Å²) in [6.07, 6.45) is 3.45. The maximum absolute atomic E-state index is 10.8. The molecule has 1 fully saturated rings. The lowest BCUT2D eigenvalue weighted by Crippen LogP contribution is -2.25. The van der Waals surface area contributed by atoms with Gasteiger partial charge < -0.3 is 4.57 Å². The lowest BCUT2D eigenvalue weighted by atomic mass is 10.6. The van der Waals surface area contributed by atoms with E-state index in [9.17, 15) is 9.59 Å². The van der Waals surface area contributed by atoms with Gasteiger partial charge in [-0.25, -0.2) is 9.98 Å². The highest BCUT2D eigenvalue weighted by molar-refractivity contribution is 6.45. The maximum atomic E-state index is 10.8. The topological polar surface area (TPSA) is 88.4 Å². The fraction of sp³-hybridized carbons (Fsp3) is 0.250. The number of rotatable bonds is 2. The second-order valence-electron chi connectivity index (χ2n) is 3.03. The van der Waals surface area contributed by atoms with Crippen molar-refractivity contribution in [2.45, 2.75) is 6.54 Å². The largest absolute Gasteiger partial charge is 0.336 e. The number of aryl methyl sites for hydroxylation is 1. The van der Waals surface area contributed by atoms with Gasteiger partial charge in [-0.15, -0.1) is 0 Å². The standard InChI is InChI=1S/C8H9N5O2/c1-13-3-2-9-5(13)4-10-8-11-6(14)7(15)12-8/h2-3H,4H2,1H3,(H2,10,11,12,14,15). The first-order valence-electron chi connectivity index (χ1n) is 4.30. The zero-order valence-corrected chi connectivity index (χ0v) is 8.02. The maximum Gasteiger partial charge on any atom is 0.316 e. The van der Waals surface area contributed by atoms with Gasteiger partial charge in [-0.05, 0) is 0 Å². The molecule has 0 aliphatic carbocycles. The number of guanidine groups is 1. The number of aromatic nitrogens is 2. The number of hydrogen-bond acceptors (Lipinski definition) is 4. The van der Waals surface area contributed by atoms with Crippen LogP contribution in [-0.4, -0.2) is 27.3 Å². The molecule has 1 saturated heterocycles. The van der Waals surface area contributed by atoms with E-state index in [-0.39, 0.29) is 5.96 Å². The summed E-state index contributed by atoms with van der Waals surface area (Å²) >= 11 is 0. The van der Waals surface area contributed by atoms with Gasteiger partial charge in [0.05, 0.1) is 0 Å². The van der Waals surface area contributed by atoms with Crippen LogP contribution in [0.15, 0.2) is 17.4 Å². The van der Waals surface area contributed by atoms with Gasteiger partial charge in [-0.1, -0.05) is 0 Å². The SMILES string of the molecule is Cn1ccnc1CN=C1NC(=O)C(=O)N1. The van der Waals surface area contributed by atoms with E-state index in [4.69, 9.17) is 0 Å². The van der Waals surface area contributed by atoms with Crippen molar-refractivity contribution in [3.63, 3.8) is 0 Å².